The van der Waals surface area contributed by atoms with Crippen LogP contribution in [0.4, 0.5) is 0 Å². The van der Waals surface area contributed by atoms with Gasteiger partial charge in [0.15, 0.2) is 0 Å². The van der Waals surface area contributed by atoms with Crippen LogP contribution in [0.5, 0.6) is 0 Å². The molecule has 0 unspecified atom stereocenters. The Kier molecular flexibility index (Phi) is 3.59. The molecule has 3 heteroatoms. The van der Waals surface area contributed by atoms with Gasteiger partial charge in [0.05, 0.1) is 5.69 Å². The van der Waals surface area contributed by atoms with E-state index in [9.17, 15) is 0 Å². The van der Waals surface area contributed by atoms with Gasteiger partial charge in [0, 0.05) is 11.3 Å². The van der Waals surface area contributed by atoms with Crippen molar-refractivity contribution in [1.82, 2.24) is 9.97 Å². The Balaban J connectivity index is 2.49. The topological polar surface area (TPSA) is 28.7 Å². The summed E-state index contributed by atoms with van der Waals surface area (Å²) in [6, 6.07) is 8.50. The van der Waals surface area contributed by atoms with Gasteiger partial charge >= 0.3 is 0 Å². The molecule has 0 saturated heterocycles. The summed E-state index contributed by atoms with van der Waals surface area (Å²) in [5.41, 5.74) is 5.42. The fraction of sp³-hybridized carbons (Fsp3) is 0.375. The van der Waals surface area contributed by atoms with Gasteiger partial charge in [-0.3, -0.25) is 0 Å². The number of benzene rings is 1. The van der Waals surface area contributed by atoms with E-state index in [0.717, 1.165) is 22.6 Å². The molecule has 0 atom stereocenters. The van der Waals surface area contributed by atoms with Gasteiger partial charge in [0.25, 0.3) is 0 Å². The summed E-state index contributed by atoms with van der Waals surface area (Å²) in [5.74, 6) is 0. The molecule has 0 fully saturated rings. The fourth-order valence-corrected chi connectivity index (χ4v) is 2.26. The summed E-state index contributed by atoms with van der Waals surface area (Å²) < 4.78 is 0.701. The van der Waals surface area contributed by atoms with E-state index in [1.54, 1.807) is 0 Å². The van der Waals surface area contributed by atoms with Gasteiger partial charge in [-0.25, -0.2) is 4.98 Å². The molecule has 2 aromatic rings. The van der Waals surface area contributed by atoms with Crippen LogP contribution in [-0.2, 0) is 5.41 Å². The number of hydrogen-bond acceptors (Lipinski definition) is 2. The zero-order valence-corrected chi connectivity index (χ0v) is 13.0. The normalized spacial score (nSPS) is 11.6. The lowest BCUT2D eigenvalue weighted by Crippen LogP contribution is -2.10. The summed E-state index contributed by atoms with van der Waals surface area (Å²) in [6.07, 6.45) is 0. The minimum Gasteiger partial charge on any atom is -0.347 e. The molecule has 0 bridgehead atoms. The Labute approximate surface area is 119 Å². The molecule has 0 amide bonds. The largest absolute Gasteiger partial charge is 0.347 e. The van der Waals surface area contributed by atoms with Crippen LogP contribution in [0.2, 0.25) is 0 Å². The van der Waals surface area contributed by atoms with Crippen LogP contribution in [0.1, 0.15) is 37.7 Å². The van der Waals surface area contributed by atoms with Crippen molar-refractivity contribution >= 4 is 12.2 Å². The summed E-state index contributed by atoms with van der Waals surface area (Å²) in [4.78, 5) is 7.80. The molecule has 2 nitrogen and oxygen atoms in total. The van der Waals surface area contributed by atoms with Crippen molar-refractivity contribution in [3.63, 3.8) is 0 Å². The van der Waals surface area contributed by atoms with E-state index in [0.29, 0.717) is 4.64 Å². The molecule has 0 aliphatic carbocycles. The first kappa shape index (κ1) is 13.9. The van der Waals surface area contributed by atoms with Gasteiger partial charge in [0.1, 0.15) is 10.3 Å². The van der Waals surface area contributed by atoms with Crippen molar-refractivity contribution in [3.8, 4) is 11.3 Å². The highest BCUT2D eigenvalue weighted by Crippen LogP contribution is 2.25. The Morgan fingerprint density at radius 1 is 1.05 bits per heavy atom. The molecule has 0 spiro atoms. The fourth-order valence-electron chi connectivity index (χ4n) is 1.95. The molecule has 19 heavy (non-hydrogen) atoms. The van der Waals surface area contributed by atoms with Gasteiger partial charge in [-0.05, 0) is 24.8 Å². The molecule has 1 N–H and O–H groups in total. The summed E-state index contributed by atoms with van der Waals surface area (Å²) >= 11 is 5.37. The summed E-state index contributed by atoms with van der Waals surface area (Å²) in [6.45, 7) is 10.6. The lowest BCUT2D eigenvalue weighted by atomic mass is 9.86. The molecule has 1 aromatic heterocycles. The number of rotatable bonds is 1. The maximum absolute atomic E-state index is 5.37. The van der Waals surface area contributed by atoms with Gasteiger partial charge in [-0.15, -0.1) is 0 Å². The number of nitrogens with one attached hydrogen (secondary N) is 1. The minimum absolute atomic E-state index is 0.165. The Bertz CT molecular complexity index is 646. The van der Waals surface area contributed by atoms with Crippen molar-refractivity contribution in [2.75, 3.05) is 0 Å². The van der Waals surface area contributed by atoms with E-state index in [-0.39, 0.29) is 5.41 Å². The number of nitrogens with zero attached hydrogens (tertiary/aromatic N) is 1. The van der Waals surface area contributed by atoms with Crippen LogP contribution in [0.3, 0.4) is 0 Å². The molecule has 1 heterocycles. The third-order valence-corrected chi connectivity index (χ3v) is 3.66. The molecule has 0 aliphatic rings. The standard InChI is InChI=1S/C16H20N2S/c1-10-11(2)18-15(19)14(17-10)12-6-8-13(9-7-12)16(3,4)5/h6-9H,1-5H3,(H,18,19). The lowest BCUT2D eigenvalue weighted by Gasteiger charge is -2.19. The van der Waals surface area contributed by atoms with E-state index in [1.165, 1.54) is 5.56 Å². The molecule has 2 rings (SSSR count). The molecular weight excluding hydrogens is 252 g/mol. The monoisotopic (exact) mass is 272 g/mol. The maximum atomic E-state index is 5.37. The number of aromatic nitrogens is 2. The first-order valence-electron chi connectivity index (χ1n) is 6.47. The highest BCUT2D eigenvalue weighted by Gasteiger charge is 2.13. The average molecular weight is 272 g/mol. The van der Waals surface area contributed by atoms with Crippen molar-refractivity contribution in [2.45, 2.75) is 40.0 Å². The first-order chi connectivity index (χ1) is 8.79. The van der Waals surface area contributed by atoms with Gasteiger partial charge in [-0.2, -0.15) is 0 Å². The molecule has 0 radical (unpaired) electrons. The Morgan fingerprint density at radius 2 is 1.63 bits per heavy atom. The van der Waals surface area contributed by atoms with Crippen LogP contribution in [-0.4, -0.2) is 9.97 Å². The average Bonchev–Trinajstić information content (AvgIpc) is 2.33. The smallest absolute Gasteiger partial charge is 0.130 e. The van der Waals surface area contributed by atoms with E-state index in [1.807, 2.05) is 13.8 Å². The number of hydrogen-bond donors (Lipinski definition) is 1. The minimum atomic E-state index is 0.165. The van der Waals surface area contributed by atoms with E-state index in [4.69, 9.17) is 12.2 Å². The van der Waals surface area contributed by atoms with Gasteiger partial charge in [0.2, 0.25) is 0 Å². The third-order valence-electron chi connectivity index (χ3n) is 3.36. The first-order valence-corrected chi connectivity index (χ1v) is 6.88. The quantitative estimate of drug-likeness (QED) is 0.761. The number of aryl methyl sites for hydroxylation is 2. The predicted molar refractivity (Wildman–Crippen MR) is 83.0 cm³/mol. The molecule has 100 valence electrons. The van der Waals surface area contributed by atoms with Gasteiger partial charge < -0.3 is 4.98 Å². The zero-order chi connectivity index (χ0) is 14.2. The van der Waals surface area contributed by atoms with Crippen LogP contribution in [0.25, 0.3) is 11.3 Å². The van der Waals surface area contributed by atoms with Crippen LogP contribution in [0, 0.1) is 18.5 Å². The predicted octanol–water partition coefficient (Wildman–Crippen LogP) is 4.72. The van der Waals surface area contributed by atoms with Crippen molar-refractivity contribution in [1.29, 1.82) is 0 Å². The van der Waals surface area contributed by atoms with Crippen LogP contribution >= 0.6 is 12.2 Å². The third kappa shape index (κ3) is 2.92. The van der Waals surface area contributed by atoms with E-state index in [2.05, 4.69) is 55.0 Å². The zero-order valence-electron chi connectivity index (χ0n) is 12.2. The maximum Gasteiger partial charge on any atom is 0.130 e. The second-order valence-corrected chi connectivity index (χ2v) is 6.36. The number of aromatic amines is 1. The molecule has 0 aliphatic heterocycles. The van der Waals surface area contributed by atoms with Crippen LogP contribution < -0.4 is 0 Å². The SMILES string of the molecule is Cc1nc(-c2ccc(C(C)(C)C)cc2)c(=S)[nH]c1C. The highest BCUT2D eigenvalue weighted by molar-refractivity contribution is 7.71. The van der Waals surface area contributed by atoms with E-state index >= 15 is 0 Å². The lowest BCUT2D eigenvalue weighted by molar-refractivity contribution is 0.590. The number of H-pyrrole nitrogens is 1. The van der Waals surface area contributed by atoms with Gasteiger partial charge in [-0.1, -0.05) is 57.3 Å². The second kappa shape index (κ2) is 4.89. The molecule has 1 aromatic carbocycles. The Hall–Kier alpha value is -1.48. The highest BCUT2D eigenvalue weighted by atomic mass is 32.1. The van der Waals surface area contributed by atoms with E-state index < -0.39 is 0 Å². The molecular formula is C16H20N2S. The summed E-state index contributed by atoms with van der Waals surface area (Å²) in [5, 5.41) is 0. The molecule has 0 saturated carbocycles. The van der Waals surface area contributed by atoms with Crippen molar-refractivity contribution < 1.29 is 0 Å². The Morgan fingerprint density at radius 3 is 2.16 bits per heavy atom. The van der Waals surface area contributed by atoms with Crippen molar-refractivity contribution in [3.05, 3.63) is 45.9 Å². The van der Waals surface area contributed by atoms with Crippen molar-refractivity contribution in [2.24, 2.45) is 0 Å². The summed E-state index contributed by atoms with van der Waals surface area (Å²) in [7, 11) is 0. The second-order valence-electron chi connectivity index (χ2n) is 5.95. The van der Waals surface area contributed by atoms with Crippen LogP contribution in [0.15, 0.2) is 24.3 Å².